The molecule has 122 valence electrons. The second kappa shape index (κ2) is 6.81. The molecule has 1 aromatic rings. The van der Waals surface area contributed by atoms with Gasteiger partial charge in [-0.3, -0.25) is 0 Å². The highest BCUT2D eigenvalue weighted by Crippen LogP contribution is 2.40. The van der Waals surface area contributed by atoms with E-state index in [4.69, 9.17) is 20.4 Å². The Morgan fingerprint density at radius 1 is 1.41 bits per heavy atom. The van der Waals surface area contributed by atoms with Gasteiger partial charge in [0.1, 0.15) is 23.9 Å². The first-order chi connectivity index (χ1) is 10.5. The number of aromatic nitrogens is 2. The summed E-state index contributed by atoms with van der Waals surface area (Å²) in [7, 11) is 0. The van der Waals surface area contributed by atoms with Gasteiger partial charge in [0.15, 0.2) is 0 Å². The predicted octanol–water partition coefficient (Wildman–Crippen LogP) is -1.70. The first kappa shape index (κ1) is 16.3. The Morgan fingerprint density at radius 3 is 2.64 bits per heavy atom. The van der Waals surface area contributed by atoms with Crippen LogP contribution in [-0.4, -0.2) is 52.0 Å². The van der Waals surface area contributed by atoms with Crippen LogP contribution in [0, 0.1) is 0 Å². The number of hydrogen-bond acceptors (Lipinski definition) is 8. The molecular formula is C12H19N5O5. The summed E-state index contributed by atoms with van der Waals surface area (Å²) in [5.74, 6) is 0.298. The summed E-state index contributed by atoms with van der Waals surface area (Å²) in [5.41, 5.74) is 4.79. The van der Waals surface area contributed by atoms with E-state index in [0.717, 1.165) is 6.42 Å². The number of nitrogens with one attached hydrogen (secondary N) is 2. The Kier molecular flexibility index (Phi) is 5.06. The van der Waals surface area contributed by atoms with E-state index in [1.54, 1.807) is 0 Å². The highest BCUT2D eigenvalue weighted by molar-refractivity contribution is 5.78. The minimum absolute atomic E-state index is 0.0899. The molecule has 10 heteroatoms. The fourth-order valence-corrected chi connectivity index (χ4v) is 2.12. The summed E-state index contributed by atoms with van der Waals surface area (Å²) < 4.78 is 5.43. The molecule has 1 aliphatic carbocycles. The van der Waals surface area contributed by atoms with Crippen LogP contribution in [-0.2, 0) is 10.3 Å². The SMILES string of the molecule is NC(CO)c1nnc(C2(NC(=O)NC(C=O)CO)CCC2)o1. The van der Waals surface area contributed by atoms with Gasteiger partial charge in [-0.2, -0.15) is 0 Å². The first-order valence-electron chi connectivity index (χ1n) is 6.90. The van der Waals surface area contributed by atoms with Crippen LogP contribution in [0.2, 0.25) is 0 Å². The maximum atomic E-state index is 11.9. The number of carbonyl (C=O) groups is 2. The maximum Gasteiger partial charge on any atom is 0.316 e. The molecule has 1 aromatic heterocycles. The van der Waals surface area contributed by atoms with Gasteiger partial charge >= 0.3 is 6.03 Å². The minimum Gasteiger partial charge on any atom is -0.421 e. The molecule has 1 heterocycles. The van der Waals surface area contributed by atoms with Crippen LogP contribution in [0.1, 0.15) is 37.1 Å². The van der Waals surface area contributed by atoms with Crippen molar-refractivity contribution in [2.45, 2.75) is 36.9 Å². The van der Waals surface area contributed by atoms with Gasteiger partial charge in [0, 0.05) is 0 Å². The summed E-state index contributed by atoms with van der Waals surface area (Å²) >= 11 is 0. The van der Waals surface area contributed by atoms with Crippen molar-refractivity contribution in [3.8, 4) is 0 Å². The van der Waals surface area contributed by atoms with Crippen LogP contribution in [0.5, 0.6) is 0 Å². The summed E-state index contributed by atoms with van der Waals surface area (Å²) in [5, 5.41) is 30.6. The minimum atomic E-state index is -0.974. The fraction of sp³-hybridized carbons (Fsp3) is 0.667. The van der Waals surface area contributed by atoms with E-state index in [1.807, 2.05) is 0 Å². The second-order valence-electron chi connectivity index (χ2n) is 5.19. The van der Waals surface area contributed by atoms with E-state index >= 15 is 0 Å². The zero-order valence-corrected chi connectivity index (χ0v) is 11.9. The smallest absolute Gasteiger partial charge is 0.316 e. The van der Waals surface area contributed by atoms with Gasteiger partial charge in [0.25, 0.3) is 0 Å². The van der Waals surface area contributed by atoms with Crippen molar-refractivity contribution in [2.75, 3.05) is 13.2 Å². The average molecular weight is 313 g/mol. The van der Waals surface area contributed by atoms with Gasteiger partial charge in [-0.1, -0.05) is 0 Å². The van der Waals surface area contributed by atoms with E-state index in [2.05, 4.69) is 20.8 Å². The number of aliphatic hydroxyl groups is 2. The summed E-state index contributed by atoms with van der Waals surface area (Å²) in [6.07, 6.45) is 2.50. The molecule has 0 spiro atoms. The largest absolute Gasteiger partial charge is 0.421 e. The zero-order chi connectivity index (χ0) is 16.2. The van der Waals surface area contributed by atoms with Crippen LogP contribution in [0.4, 0.5) is 4.79 Å². The number of rotatable bonds is 7. The number of amides is 2. The van der Waals surface area contributed by atoms with Crippen molar-refractivity contribution >= 4 is 12.3 Å². The Bertz CT molecular complexity index is 530. The zero-order valence-electron chi connectivity index (χ0n) is 11.9. The molecule has 6 N–H and O–H groups in total. The first-order valence-corrected chi connectivity index (χ1v) is 6.90. The van der Waals surface area contributed by atoms with Gasteiger partial charge in [0.2, 0.25) is 11.8 Å². The number of nitrogens with two attached hydrogens (primary N) is 1. The third-order valence-electron chi connectivity index (χ3n) is 3.60. The second-order valence-corrected chi connectivity index (χ2v) is 5.19. The lowest BCUT2D eigenvalue weighted by Crippen LogP contribution is -2.56. The Labute approximate surface area is 126 Å². The van der Waals surface area contributed by atoms with Gasteiger partial charge in [-0.05, 0) is 19.3 Å². The van der Waals surface area contributed by atoms with Crippen molar-refractivity contribution < 1.29 is 24.2 Å². The third kappa shape index (κ3) is 3.24. The van der Waals surface area contributed by atoms with Crippen LogP contribution < -0.4 is 16.4 Å². The molecule has 2 atom stereocenters. The number of nitrogens with zero attached hydrogens (tertiary/aromatic N) is 2. The maximum absolute atomic E-state index is 11.9. The third-order valence-corrected chi connectivity index (χ3v) is 3.60. The van der Waals surface area contributed by atoms with Crippen LogP contribution >= 0.6 is 0 Å². The van der Waals surface area contributed by atoms with Gasteiger partial charge in [0.05, 0.1) is 13.2 Å². The standard InChI is InChI=1S/C12H19N5O5/c13-8(6-20)9-16-17-10(22-9)12(2-1-3-12)15-11(21)14-7(4-18)5-19/h4,7-8,19-20H,1-3,5-6,13H2,(H2,14,15,21). The lowest BCUT2D eigenvalue weighted by molar-refractivity contribution is -0.110. The molecule has 2 unspecified atom stereocenters. The van der Waals surface area contributed by atoms with E-state index in [0.29, 0.717) is 19.1 Å². The van der Waals surface area contributed by atoms with Crippen molar-refractivity contribution in [3.63, 3.8) is 0 Å². The van der Waals surface area contributed by atoms with Crippen molar-refractivity contribution in [3.05, 3.63) is 11.8 Å². The van der Waals surface area contributed by atoms with E-state index < -0.39 is 30.3 Å². The van der Waals surface area contributed by atoms with E-state index in [9.17, 15) is 9.59 Å². The predicted molar refractivity (Wildman–Crippen MR) is 72.4 cm³/mol. The molecule has 22 heavy (non-hydrogen) atoms. The summed E-state index contributed by atoms with van der Waals surface area (Å²) in [4.78, 5) is 22.5. The lowest BCUT2D eigenvalue weighted by Gasteiger charge is -2.39. The van der Waals surface area contributed by atoms with Gasteiger partial charge < -0.3 is 35.8 Å². The van der Waals surface area contributed by atoms with E-state index in [-0.39, 0.29) is 18.4 Å². The molecule has 1 saturated carbocycles. The monoisotopic (exact) mass is 313 g/mol. The molecule has 2 rings (SSSR count). The Hall–Kier alpha value is -2.04. The molecule has 2 amide bonds. The Balaban J connectivity index is 2.07. The topological polar surface area (TPSA) is 164 Å². The number of aliphatic hydroxyl groups excluding tert-OH is 2. The molecule has 1 fully saturated rings. The molecule has 0 bridgehead atoms. The lowest BCUT2D eigenvalue weighted by atomic mass is 9.76. The highest BCUT2D eigenvalue weighted by atomic mass is 16.4. The number of hydrogen-bond donors (Lipinski definition) is 5. The Morgan fingerprint density at radius 2 is 2.14 bits per heavy atom. The molecular weight excluding hydrogens is 294 g/mol. The molecule has 0 aromatic carbocycles. The van der Waals surface area contributed by atoms with Crippen LogP contribution in [0.3, 0.4) is 0 Å². The highest BCUT2D eigenvalue weighted by Gasteiger charge is 2.45. The molecule has 1 aliphatic rings. The van der Waals surface area contributed by atoms with Crippen molar-refractivity contribution in [1.29, 1.82) is 0 Å². The molecule has 0 aliphatic heterocycles. The fourth-order valence-electron chi connectivity index (χ4n) is 2.12. The number of carbonyl (C=O) groups excluding carboxylic acids is 2. The molecule has 0 radical (unpaired) electrons. The molecule has 10 nitrogen and oxygen atoms in total. The van der Waals surface area contributed by atoms with Crippen molar-refractivity contribution in [1.82, 2.24) is 20.8 Å². The van der Waals surface area contributed by atoms with Gasteiger partial charge in [-0.25, -0.2) is 4.79 Å². The average Bonchev–Trinajstić information content (AvgIpc) is 2.97. The van der Waals surface area contributed by atoms with Crippen molar-refractivity contribution in [2.24, 2.45) is 5.73 Å². The number of urea groups is 1. The summed E-state index contributed by atoms with van der Waals surface area (Å²) in [6, 6.07) is -2.36. The van der Waals surface area contributed by atoms with Crippen LogP contribution in [0.15, 0.2) is 4.42 Å². The van der Waals surface area contributed by atoms with Gasteiger partial charge in [-0.15, -0.1) is 10.2 Å². The molecule has 0 saturated heterocycles. The quantitative estimate of drug-likeness (QED) is 0.372. The summed E-state index contributed by atoms with van der Waals surface area (Å²) in [6.45, 7) is -0.819. The van der Waals surface area contributed by atoms with Crippen LogP contribution in [0.25, 0.3) is 0 Å². The van der Waals surface area contributed by atoms with E-state index in [1.165, 1.54) is 0 Å². The number of aldehydes is 1. The normalized spacial score (nSPS) is 18.9.